The van der Waals surface area contributed by atoms with Crippen LogP contribution in [0.25, 0.3) is 0 Å². The second kappa shape index (κ2) is 7.36. The Bertz CT molecular complexity index is 625. The first kappa shape index (κ1) is 15.7. The average molecular weight is 435 g/mol. The maximum absolute atomic E-state index is 6.10. The number of hydrogen-bond acceptors (Lipinski definition) is 2. The summed E-state index contributed by atoms with van der Waals surface area (Å²) >= 11 is 18.9. The molecule has 0 atom stereocenters. The number of benzene rings is 2. The molecule has 0 fully saturated rings. The molecule has 2 nitrogen and oxygen atoms in total. The van der Waals surface area contributed by atoms with E-state index < -0.39 is 0 Å². The van der Waals surface area contributed by atoms with Crippen molar-refractivity contribution in [1.29, 1.82) is 0 Å². The molecule has 0 amide bonds. The van der Waals surface area contributed by atoms with E-state index in [0.717, 1.165) is 20.1 Å². The van der Waals surface area contributed by atoms with Gasteiger partial charge in [-0.1, -0.05) is 79.3 Å². The quantitative estimate of drug-likeness (QED) is 0.431. The third kappa shape index (κ3) is 4.42. The molecule has 0 aliphatic carbocycles. The highest BCUT2D eigenvalue weighted by Gasteiger charge is 2.02. The highest BCUT2D eigenvalue weighted by atomic mass is 79.9. The Balaban J connectivity index is 2.24. The van der Waals surface area contributed by atoms with E-state index in [1.54, 1.807) is 0 Å². The maximum atomic E-state index is 6.10. The van der Waals surface area contributed by atoms with Gasteiger partial charge in [0.2, 0.25) is 0 Å². The summed E-state index contributed by atoms with van der Waals surface area (Å²) in [6.07, 6.45) is 0. The Morgan fingerprint density at radius 2 is 1.15 bits per heavy atom. The first-order valence-electron chi connectivity index (χ1n) is 5.55. The van der Waals surface area contributed by atoms with Crippen molar-refractivity contribution < 1.29 is 0 Å². The molecule has 0 aliphatic heterocycles. The number of halogens is 4. The molecule has 102 valence electrons. The highest BCUT2D eigenvalue weighted by Crippen LogP contribution is 2.16. The molecule has 0 spiro atoms. The fraction of sp³-hybridized carbons (Fsp3) is 0. The van der Waals surface area contributed by atoms with E-state index in [0.29, 0.717) is 0 Å². The largest absolute Gasteiger partial charge is 0.158 e. The van der Waals surface area contributed by atoms with Crippen LogP contribution in [0.5, 0.6) is 0 Å². The van der Waals surface area contributed by atoms with Crippen molar-refractivity contribution in [2.45, 2.75) is 0 Å². The monoisotopic (exact) mass is 432 g/mol. The van der Waals surface area contributed by atoms with Crippen LogP contribution in [0.4, 0.5) is 0 Å². The van der Waals surface area contributed by atoms with Crippen molar-refractivity contribution in [2.24, 2.45) is 10.2 Å². The van der Waals surface area contributed by atoms with Crippen molar-refractivity contribution in [3.63, 3.8) is 0 Å². The maximum Gasteiger partial charge on any atom is 0.158 e. The normalized spacial score (nSPS) is 12.6. The van der Waals surface area contributed by atoms with E-state index in [4.69, 9.17) is 23.2 Å². The number of rotatable bonds is 3. The third-order valence-corrected chi connectivity index (χ3v) is 3.93. The lowest BCUT2D eigenvalue weighted by molar-refractivity contribution is 1.25. The fourth-order valence-corrected chi connectivity index (χ4v) is 2.55. The van der Waals surface area contributed by atoms with Crippen molar-refractivity contribution >= 4 is 65.4 Å². The summed E-state index contributed by atoms with van der Waals surface area (Å²) in [6.45, 7) is 0. The van der Waals surface area contributed by atoms with Gasteiger partial charge in [-0.05, 0) is 24.3 Å². The van der Waals surface area contributed by atoms with Crippen LogP contribution in [0.2, 0.25) is 0 Å². The summed E-state index contributed by atoms with van der Waals surface area (Å²) < 4.78 is 1.84. The first-order chi connectivity index (χ1) is 9.56. The SMILES string of the molecule is Cl/C(=N\N=C(/Cl)c1cccc(Br)c1)c1cccc(Br)c1. The van der Waals surface area contributed by atoms with Gasteiger partial charge in [0.05, 0.1) is 0 Å². The van der Waals surface area contributed by atoms with Gasteiger partial charge in [0.25, 0.3) is 0 Å². The van der Waals surface area contributed by atoms with Gasteiger partial charge in [0, 0.05) is 20.1 Å². The summed E-state index contributed by atoms with van der Waals surface area (Å²) in [5.41, 5.74) is 1.53. The minimum atomic E-state index is 0.277. The summed E-state index contributed by atoms with van der Waals surface area (Å²) in [5, 5.41) is 8.44. The second-order valence-electron chi connectivity index (χ2n) is 3.80. The van der Waals surface area contributed by atoms with Crippen LogP contribution in [0.15, 0.2) is 67.7 Å². The van der Waals surface area contributed by atoms with Gasteiger partial charge < -0.3 is 0 Å². The zero-order chi connectivity index (χ0) is 14.5. The van der Waals surface area contributed by atoms with E-state index in [9.17, 15) is 0 Å². The lowest BCUT2D eigenvalue weighted by Gasteiger charge is -1.99. The van der Waals surface area contributed by atoms with Crippen LogP contribution < -0.4 is 0 Å². The molecule has 0 aromatic heterocycles. The molecule has 20 heavy (non-hydrogen) atoms. The molecule has 6 heteroatoms. The summed E-state index contributed by atoms with van der Waals surface area (Å²) in [7, 11) is 0. The molecule has 0 bridgehead atoms. The van der Waals surface area contributed by atoms with E-state index in [-0.39, 0.29) is 10.3 Å². The zero-order valence-corrected chi connectivity index (χ0v) is 14.7. The molecule has 2 rings (SSSR count). The van der Waals surface area contributed by atoms with Crippen LogP contribution in [-0.2, 0) is 0 Å². The summed E-state index contributed by atoms with van der Waals surface area (Å²) in [6, 6.07) is 15.0. The minimum absolute atomic E-state index is 0.277. The van der Waals surface area contributed by atoms with Gasteiger partial charge in [-0.3, -0.25) is 0 Å². The molecule has 0 unspecified atom stereocenters. The highest BCUT2D eigenvalue weighted by molar-refractivity contribution is 9.10. The summed E-state index contributed by atoms with van der Waals surface area (Å²) in [5.74, 6) is 0. The first-order valence-corrected chi connectivity index (χ1v) is 7.89. The van der Waals surface area contributed by atoms with E-state index >= 15 is 0 Å². The third-order valence-electron chi connectivity index (χ3n) is 2.35. The van der Waals surface area contributed by atoms with Gasteiger partial charge in [-0.2, -0.15) is 0 Å². The molecule has 0 saturated heterocycles. The molecular weight excluding hydrogens is 427 g/mol. The lowest BCUT2D eigenvalue weighted by Crippen LogP contribution is -1.93. The van der Waals surface area contributed by atoms with E-state index in [1.165, 1.54) is 0 Å². The van der Waals surface area contributed by atoms with Crippen LogP contribution in [0.3, 0.4) is 0 Å². The van der Waals surface area contributed by atoms with Gasteiger partial charge in [-0.15, -0.1) is 10.2 Å². The topological polar surface area (TPSA) is 24.7 Å². The van der Waals surface area contributed by atoms with Crippen LogP contribution >= 0.6 is 55.1 Å². The molecule has 0 N–H and O–H groups in total. The Hall–Kier alpha value is -0.680. The van der Waals surface area contributed by atoms with Crippen molar-refractivity contribution in [3.8, 4) is 0 Å². The van der Waals surface area contributed by atoms with Crippen molar-refractivity contribution in [3.05, 3.63) is 68.6 Å². The molecule has 0 saturated carbocycles. The molecule has 2 aromatic carbocycles. The Kier molecular flexibility index (Phi) is 5.78. The molecule has 0 aliphatic rings. The zero-order valence-electron chi connectivity index (χ0n) is 10.0. The number of nitrogens with zero attached hydrogens (tertiary/aromatic N) is 2. The van der Waals surface area contributed by atoms with E-state index in [1.807, 2.05) is 48.5 Å². The smallest absolute Gasteiger partial charge is 0.136 e. The van der Waals surface area contributed by atoms with Gasteiger partial charge in [0.1, 0.15) is 0 Å². The number of hydrogen-bond donors (Lipinski definition) is 0. The van der Waals surface area contributed by atoms with Crippen LogP contribution in [0, 0.1) is 0 Å². The average Bonchev–Trinajstić information content (AvgIpc) is 2.44. The standard InChI is InChI=1S/C14H8Br2Cl2N2/c15-11-5-1-3-9(7-11)13(17)19-20-14(18)10-4-2-6-12(16)8-10/h1-8H/b19-13-,20-14-. The van der Waals surface area contributed by atoms with Crippen LogP contribution in [0.1, 0.15) is 11.1 Å². The van der Waals surface area contributed by atoms with Crippen molar-refractivity contribution in [1.82, 2.24) is 0 Å². The second-order valence-corrected chi connectivity index (χ2v) is 6.35. The van der Waals surface area contributed by atoms with Gasteiger partial charge in [-0.25, -0.2) is 0 Å². The molecule has 2 aromatic rings. The predicted octanol–water partition coefficient (Wildman–Crippen LogP) is 5.80. The van der Waals surface area contributed by atoms with E-state index in [2.05, 4.69) is 42.1 Å². The molecule has 0 radical (unpaired) electrons. The summed E-state index contributed by atoms with van der Waals surface area (Å²) in [4.78, 5) is 0. The van der Waals surface area contributed by atoms with Crippen LogP contribution in [-0.4, -0.2) is 10.3 Å². The van der Waals surface area contributed by atoms with Gasteiger partial charge in [0.15, 0.2) is 10.3 Å². The fourth-order valence-electron chi connectivity index (χ4n) is 1.44. The Morgan fingerprint density at radius 3 is 1.50 bits per heavy atom. The predicted molar refractivity (Wildman–Crippen MR) is 93.1 cm³/mol. The Morgan fingerprint density at radius 1 is 0.750 bits per heavy atom. The minimum Gasteiger partial charge on any atom is -0.136 e. The molecular formula is C14H8Br2Cl2N2. The van der Waals surface area contributed by atoms with Crippen molar-refractivity contribution in [2.75, 3.05) is 0 Å². The molecule has 0 heterocycles. The lowest BCUT2D eigenvalue weighted by atomic mass is 10.2. The van der Waals surface area contributed by atoms with Gasteiger partial charge >= 0.3 is 0 Å². The Labute approximate surface area is 143 Å².